The number of guanidine groups is 1. The lowest BCUT2D eigenvalue weighted by Gasteiger charge is -2.33. The van der Waals surface area contributed by atoms with Crippen molar-refractivity contribution in [2.24, 2.45) is 44.4 Å². The van der Waals surface area contributed by atoms with Gasteiger partial charge in [0, 0.05) is 55.5 Å². The van der Waals surface area contributed by atoms with E-state index in [9.17, 15) is 72.5 Å². The average Bonchev–Trinajstić information content (AvgIpc) is 1.63. The molecule has 0 aliphatic carbocycles. The SMILES string of the molecule is CC(C)[C@@H]1NC(=O)[C@H](CC(=O)O)NC(=O)[C@H](CC(C)(C)C)NC(=O)[C@@H]2CCCN2C(=O)[C@@H]2CSCc3cc(cc(c3)OCCCCCCO/N=C/C(=O)N[C@@H](CCCN=C(N)N)C(=O)N2)CSC[C@@H](C(N)=O)NC(=O)[C@H](CCC(=O)O)NC(=O)[C@H](CCC(N)=O)NC(=O)[C@@H]2CCCN2C1=O. The van der Waals surface area contributed by atoms with E-state index >= 15 is 4.79 Å². The Hall–Kier alpha value is -8.96. The molecule has 0 radical (unpaired) electrons. The van der Waals surface area contributed by atoms with Crippen molar-refractivity contribution in [2.45, 2.75) is 209 Å². The highest BCUT2D eigenvalue weighted by Gasteiger charge is 2.44. The molecule has 0 spiro atoms. The van der Waals surface area contributed by atoms with E-state index in [1.807, 2.05) is 6.07 Å². The first-order chi connectivity index (χ1) is 47.3. The van der Waals surface area contributed by atoms with E-state index in [0.717, 1.165) is 24.0 Å². The number of aliphatic carboxylic acids is 2. The van der Waals surface area contributed by atoms with Crippen molar-refractivity contribution in [3.05, 3.63) is 29.3 Å². The number of primary amides is 2. The molecular weight excluding hydrogens is 1340 g/mol. The quantitative estimate of drug-likeness (QED) is 0.0524. The van der Waals surface area contributed by atoms with Gasteiger partial charge < -0.3 is 95.1 Å². The summed E-state index contributed by atoms with van der Waals surface area (Å²) in [6, 6.07) is -9.37. The zero-order valence-corrected chi connectivity index (χ0v) is 58.8. The maximum absolute atomic E-state index is 15.2. The number of aliphatic imine (C=N–C) groups is 1. The Morgan fingerprint density at radius 2 is 1.14 bits per heavy atom. The minimum absolute atomic E-state index is 0.0126. The second kappa shape index (κ2) is 40.3. The predicted octanol–water partition coefficient (Wildman–Crippen LogP) is -1.78. The van der Waals surface area contributed by atoms with Crippen LogP contribution >= 0.6 is 23.5 Å². The molecule has 5 rings (SSSR count). The molecule has 18 N–H and O–H groups in total. The van der Waals surface area contributed by atoms with E-state index in [4.69, 9.17) is 32.5 Å². The van der Waals surface area contributed by atoms with Gasteiger partial charge in [0.25, 0.3) is 5.91 Å². The summed E-state index contributed by atoms with van der Waals surface area (Å²) in [5, 5.41) is 44.3. The van der Waals surface area contributed by atoms with Crippen LogP contribution in [-0.2, 0) is 83.5 Å². The number of carbonyl (C=O) groups excluding carboxylic acids is 12. The van der Waals surface area contributed by atoms with Gasteiger partial charge in [-0.2, -0.15) is 23.5 Å². The normalized spacial score (nSPS) is 25.8. The molecule has 100 heavy (non-hydrogen) atoms. The van der Waals surface area contributed by atoms with E-state index in [-0.39, 0.29) is 93.7 Å². The predicted molar refractivity (Wildman–Crippen MR) is 368 cm³/mol. The van der Waals surface area contributed by atoms with Gasteiger partial charge in [0.05, 0.1) is 13.0 Å². The van der Waals surface area contributed by atoms with Gasteiger partial charge >= 0.3 is 11.9 Å². The van der Waals surface area contributed by atoms with E-state index in [2.05, 4.69) is 52.7 Å². The Balaban J connectivity index is 1.62. The Bertz CT molecular complexity index is 3170. The van der Waals surface area contributed by atoms with E-state index in [1.54, 1.807) is 46.8 Å². The molecule has 0 unspecified atom stereocenters. The summed E-state index contributed by atoms with van der Waals surface area (Å²) in [7, 11) is 0. The summed E-state index contributed by atoms with van der Waals surface area (Å²) >= 11 is 2.39. The van der Waals surface area contributed by atoms with Crippen LogP contribution in [0.15, 0.2) is 28.3 Å². The fraction of sp³-hybridized carbons (Fsp3) is 0.656. The van der Waals surface area contributed by atoms with Gasteiger partial charge in [-0.3, -0.25) is 72.1 Å². The van der Waals surface area contributed by atoms with Gasteiger partial charge in [-0.1, -0.05) is 45.8 Å². The van der Waals surface area contributed by atoms with Crippen LogP contribution < -0.4 is 70.2 Å². The summed E-state index contributed by atoms with van der Waals surface area (Å²) in [6.07, 6.45) is 1.11. The highest BCUT2D eigenvalue weighted by Crippen LogP contribution is 2.28. The van der Waals surface area contributed by atoms with E-state index in [0.29, 0.717) is 42.7 Å². The first kappa shape index (κ1) is 81.7. The summed E-state index contributed by atoms with van der Waals surface area (Å²) in [6.45, 7) is 8.88. The second-order valence-corrected chi connectivity index (χ2v) is 28.6. The first-order valence-corrected chi connectivity index (χ1v) is 35.8. The molecule has 4 aliphatic heterocycles. The average molecular weight is 1440 g/mol. The zero-order chi connectivity index (χ0) is 73.8. The number of nitrogens with two attached hydrogens (primary N) is 4. The number of carbonyl (C=O) groups is 14. The number of hydrogen-bond acceptors (Lipinski definition) is 20. The van der Waals surface area contributed by atoms with Crippen LogP contribution in [0.25, 0.3) is 0 Å². The van der Waals surface area contributed by atoms with Crippen LogP contribution in [0.4, 0.5) is 0 Å². The van der Waals surface area contributed by atoms with Gasteiger partial charge in [-0.05, 0) is 118 Å². The molecule has 0 aromatic heterocycles. The summed E-state index contributed by atoms with van der Waals surface area (Å²) in [5.74, 6) is -14.2. The van der Waals surface area contributed by atoms with Crippen molar-refractivity contribution in [1.29, 1.82) is 0 Å². The number of amides is 12. The van der Waals surface area contributed by atoms with Crippen molar-refractivity contribution in [3.8, 4) is 5.75 Å². The van der Waals surface area contributed by atoms with Gasteiger partial charge in [-0.15, -0.1) is 0 Å². The number of rotatable bonds is 15. The van der Waals surface area contributed by atoms with E-state index in [1.165, 1.54) is 28.4 Å². The Labute approximate surface area is 588 Å². The number of hydrogen-bond donors (Lipinski definition) is 14. The number of benzene rings is 1. The van der Waals surface area contributed by atoms with Crippen molar-refractivity contribution >= 4 is 119 Å². The van der Waals surface area contributed by atoms with Gasteiger partial charge in [0.2, 0.25) is 65.0 Å². The molecule has 1 aromatic carbocycles. The topological polar surface area (TPSA) is 529 Å². The van der Waals surface area contributed by atoms with Crippen molar-refractivity contribution in [3.63, 3.8) is 0 Å². The number of fused-ring (bicyclic) bond motifs is 7. The summed E-state index contributed by atoms with van der Waals surface area (Å²) in [5.41, 5.74) is 23.1. The van der Waals surface area contributed by atoms with Crippen LogP contribution in [0.3, 0.4) is 0 Å². The Kier molecular flexibility index (Phi) is 33.0. The van der Waals surface area contributed by atoms with Crippen molar-refractivity contribution < 1.29 is 86.9 Å². The fourth-order valence-corrected chi connectivity index (χ4v) is 13.5. The molecule has 2 saturated heterocycles. The minimum atomic E-state index is -1.88. The van der Waals surface area contributed by atoms with Crippen LogP contribution in [0.1, 0.15) is 148 Å². The van der Waals surface area contributed by atoms with Crippen LogP contribution in [-0.4, -0.2) is 220 Å². The minimum Gasteiger partial charge on any atom is -0.494 e. The molecule has 36 heteroatoms. The molecule has 1 aromatic rings. The van der Waals surface area contributed by atoms with E-state index < -0.39 is 187 Å². The third-order valence-electron chi connectivity index (χ3n) is 16.6. The monoisotopic (exact) mass is 1440 g/mol. The highest BCUT2D eigenvalue weighted by molar-refractivity contribution is 7.98. The Morgan fingerprint density at radius 1 is 0.610 bits per heavy atom. The molecule has 12 amide bonds. The molecular formula is C64H98N16O18S2. The first-order valence-electron chi connectivity index (χ1n) is 33.5. The molecule has 4 bridgehead atoms. The number of ether oxygens (including phenoxy) is 1. The molecule has 0 saturated carbocycles. The number of thioether (sulfide) groups is 2. The second-order valence-electron chi connectivity index (χ2n) is 26.5. The number of carboxylic acid groups (broad SMARTS) is 2. The van der Waals surface area contributed by atoms with Crippen molar-refractivity contribution in [1.82, 2.24) is 52.3 Å². The highest BCUT2D eigenvalue weighted by atomic mass is 32.2. The summed E-state index contributed by atoms with van der Waals surface area (Å²) < 4.78 is 6.27. The lowest BCUT2D eigenvalue weighted by molar-refractivity contribution is -0.145. The number of nitrogens with one attached hydrogen (secondary N) is 8. The molecule has 10 atom stereocenters. The van der Waals surface area contributed by atoms with Gasteiger partial charge in [-0.25, -0.2) is 0 Å². The molecule has 4 aliphatic rings. The maximum atomic E-state index is 15.2. The third kappa shape index (κ3) is 27.6. The Morgan fingerprint density at radius 3 is 1.72 bits per heavy atom. The lowest BCUT2D eigenvalue weighted by atomic mass is 9.87. The van der Waals surface area contributed by atoms with Gasteiger partial charge in [0.15, 0.2) is 5.96 Å². The third-order valence-corrected chi connectivity index (χ3v) is 18.8. The van der Waals surface area contributed by atoms with Crippen molar-refractivity contribution in [2.75, 3.05) is 44.4 Å². The maximum Gasteiger partial charge on any atom is 0.305 e. The largest absolute Gasteiger partial charge is 0.494 e. The lowest BCUT2D eigenvalue weighted by Crippen LogP contribution is -2.61. The molecule has 2 fully saturated rings. The number of nitrogens with zero attached hydrogens (tertiary/aromatic N) is 4. The summed E-state index contributed by atoms with van der Waals surface area (Å²) in [4.78, 5) is 206. The van der Waals surface area contributed by atoms with Crippen LogP contribution in [0.5, 0.6) is 5.75 Å². The van der Waals surface area contributed by atoms with Gasteiger partial charge in [0.1, 0.15) is 79.0 Å². The fourth-order valence-electron chi connectivity index (χ4n) is 11.5. The van der Waals surface area contributed by atoms with Crippen LogP contribution in [0.2, 0.25) is 0 Å². The number of oxime groups is 1. The standard InChI is InChI=1S/C64H98N16O18S2/c1-35(2)52-62(96)80-22-12-15-47(80)59(93)73-40(16-18-48(65)81)55(89)72-41(17-19-50(83)84)56(90)76-44(53(66)87)33-99-31-36-25-37-27-38(26-36)97-23-8-6-7-9-24-98-70-30-49(82)71-39(13-10-20-69-63(67)68)54(88)77-45(34-100-32-37)61(95)79-21-11-14-46(79)60(94)75-43(29-64(3,4)5)58(92)74-42(28-51(85)86)57(91)78-52/h25-27,30,35,39-47,52H,6-24,28-29,31-34H2,1-5H3,(H2,65,81)(H2,66,87)(H,71,82)(H,72,89)(H,73,93)(H,74,92)(H,75,94)(H,76,90)(H,77,88)(H,78,91)(H,83,84)(H,85,86)(H4,67,68,69)/b70-30+/t39-,40-,41-,42-,43-,44-,45-,46-,47-,52-/m0/s1. The smallest absolute Gasteiger partial charge is 0.305 e. The molecule has 4 heterocycles. The zero-order valence-electron chi connectivity index (χ0n) is 57.2. The molecule has 554 valence electrons. The van der Waals surface area contributed by atoms with Crippen LogP contribution in [0, 0.1) is 11.3 Å². The number of carboxylic acids is 2. The molecule has 34 nitrogen and oxygen atoms in total.